The number of carbonyl (C=O) groups is 1. The summed E-state index contributed by atoms with van der Waals surface area (Å²) in [6, 6.07) is 16.8. The monoisotopic (exact) mass is 451 g/mol. The summed E-state index contributed by atoms with van der Waals surface area (Å²) in [6.07, 6.45) is 0.228. The van der Waals surface area contributed by atoms with E-state index in [4.69, 9.17) is 14.2 Å². The normalized spacial score (nSPS) is 25.3. The number of ether oxygens (including phenoxy) is 3. The van der Waals surface area contributed by atoms with Crippen LogP contribution in [0.15, 0.2) is 48.5 Å². The maximum atomic E-state index is 13.0. The molecule has 0 radical (unpaired) electrons. The molecule has 1 N–H and O–H groups in total. The second kappa shape index (κ2) is 9.81. The predicted octanol–water partition coefficient (Wildman–Crippen LogP) is 2.14. The minimum Gasteiger partial charge on any atom is -0.497 e. The fourth-order valence-corrected chi connectivity index (χ4v) is 5.35. The van der Waals surface area contributed by atoms with E-state index in [0.29, 0.717) is 19.6 Å². The summed E-state index contributed by atoms with van der Waals surface area (Å²) < 4.78 is 17.0. The number of methoxy groups -OCH3 is 1. The van der Waals surface area contributed by atoms with Crippen molar-refractivity contribution in [3.05, 3.63) is 65.2 Å². The highest BCUT2D eigenvalue weighted by Gasteiger charge is 2.52. The minimum absolute atomic E-state index is 0.00848. The molecule has 2 atom stereocenters. The van der Waals surface area contributed by atoms with E-state index in [-0.39, 0.29) is 11.4 Å². The molecule has 33 heavy (non-hydrogen) atoms. The molecule has 0 bridgehead atoms. The number of nitrogens with one attached hydrogen (secondary N) is 1. The lowest BCUT2D eigenvalue weighted by molar-refractivity contribution is -0.130. The maximum absolute atomic E-state index is 13.0. The average Bonchev–Trinajstić information content (AvgIpc) is 3.43. The van der Waals surface area contributed by atoms with Crippen LogP contribution in [-0.2, 0) is 32.9 Å². The summed E-state index contributed by atoms with van der Waals surface area (Å²) >= 11 is 0. The summed E-state index contributed by atoms with van der Waals surface area (Å²) in [4.78, 5) is 17.8. The van der Waals surface area contributed by atoms with Gasteiger partial charge in [0.25, 0.3) is 0 Å². The van der Waals surface area contributed by atoms with Crippen LogP contribution in [0.2, 0.25) is 0 Å². The van der Waals surface area contributed by atoms with Gasteiger partial charge in [0.15, 0.2) is 0 Å². The van der Waals surface area contributed by atoms with Gasteiger partial charge in [-0.1, -0.05) is 36.4 Å². The van der Waals surface area contributed by atoms with Crippen LogP contribution >= 0.6 is 0 Å². The Morgan fingerprint density at radius 1 is 1.18 bits per heavy atom. The van der Waals surface area contributed by atoms with Crippen molar-refractivity contribution in [2.24, 2.45) is 0 Å². The zero-order valence-corrected chi connectivity index (χ0v) is 19.3. The largest absolute Gasteiger partial charge is 0.497 e. The highest BCUT2D eigenvalue weighted by Crippen LogP contribution is 2.47. The van der Waals surface area contributed by atoms with E-state index in [9.17, 15) is 4.79 Å². The summed E-state index contributed by atoms with van der Waals surface area (Å²) in [7, 11) is 1.69. The Labute approximate surface area is 195 Å². The lowest BCUT2D eigenvalue weighted by atomic mass is 9.86. The van der Waals surface area contributed by atoms with Crippen molar-refractivity contribution in [2.75, 3.05) is 53.1 Å². The minimum atomic E-state index is -0.436. The quantitative estimate of drug-likeness (QED) is 0.696. The van der Waals surface area contributed by atoms with Gasteiger partial charge in [-0.15, -0.1) is 0 Å². The van der Waals surface area contributed by atoms with Crippen LogP contribution < -0.4 is 10.1 Å². The first-order valence-corrected chi connectivity index (χ1v) is 11.8. The van der Waals surface area contributed by atoms with Crippen molar-refractivity contribution in [2.45, 2.75) is 31.2 Å². The van der Waals surface area contributed by atoms with Crippen molar-refractivity contribution < 1.29 is 19.0 Å². The molecule has 3 aliphatic rings. The first-order chi connectivity index (χ1) is 16.2. The molecule has 2 fully saturated rings. The number of amides is 1. The predicted molar refractivity (Wildman–Crippen MR) is 125 cm³/mol. The molecule has 0 saturated carbocycles. The van der Waals surface area contributed by atoms with Gasteiger partial charge in [0, 0.05) is 45.7 Å². The van der Waals surface area contributed by atoms with Crippen LogP contribution in [-0.4, -0.2) is 74.9 Å². The number of nitrogens with zero attached hydrogens (tertiary/aromatic N) is 2. The lowest BCUT2D eigenvalue weighted by Crippen LogP contribution is -2.44. The number of rotatable bonds is 7. The summed E-state index contributed by atoms with van der Waals surface area (Å²) in [6.45, 7) is 7.02. The Bertz CT molecular complexity index is 978. The van der Waals surface area contributed by atoms with Gasteiger partial charge in [0.1, 0.15) is 11.9 Å². The van der Waals surface area contributed by atoms with Gasteiger partial charge in [-0.25, -0.2) is 0 Å². The summed E-state index contributed by atoms with van der Waals surface area (Å²) in [5.41, 5.74) is 3.51. The molecule has 2 aromatic carbocycles. The maximum Gasteiger partial charge on any atom is 0.249 e. The fraction of sp³-hybridized carbons (Fsp3) is 0.500. The van der Waals surface area contributed by atoms with E-state index in [1.165, 1.54) is 16.7 Å². The number of hydrogen-bond acceptors (Lipinski definition) is 6. The molecule has 2 aromatic rings. The number of fused-ring (bicyclic) bond motifs is 2. The van der Waals surface area contributed by atoms with E-state index in [1.54, 1.807) is 7.11 Å². The van der Waals surface area contributed by atoms with Crippen LogP contribution in [0.1, 0.15) is 23.1 Å². The van der Waals surface area contributed by atoms with E-state index in [1.807, 2.05) is 12.1 Å². The topological polar surface area (TPSA) is 63.3 Å². The molecule has 2 saturated heterocycles. The average molecular weight is 452 g/mol. The van der Waals surface area contributed by atoms with Crippen molar-refractivity contribution in [3.63, 3.8) is 0 Å². The van der Waals surface area contributed by atoms with Gasteiger partial charge in [0.2, 0.25) is 5.91 Å². The lowest BCUT2D eigenvalue weighted by Gasteiger charge is -2.35. The van der Waals surface area contributed by atoms with Gasteiger partial charge in [-0.3, -0.25) is 14.6 Å². The van der Waals surface area contributed by atoms with Gasteiger partial charge >= 0.3 is 0 Å². The Balaban J connectivity index is 1.27. The van der Waals surface area contributed by atoms with E-state index in [2.05, 4.69) is 51.5 Å². The standard InChI is InChI=1S/C26H33N3O4/c1-31-22-7-4-5-20(15-22)17-29-18-21-6-2-3-8-23(21)26(29)16-24(33-19-26)25(30)27-9-10-28-11-13-32-14-12-28/h2-8,15,24H,9-14,16-19H2,1H3,(H,27,30)/t24-,26+/m1/s1. The number of hydrogen-bond donors (Lipinski definition) is 1. The Morgan fingerprint density at radius 3 is 2.88 bits per heavy atom. The third kappa shape index (κ3) is 4.64. The van der Waals surface area contributed by atoms with Gasteiger partial charge < -0.3 is 19.5 Å². The molecule has 5 rings (SSSR count). The Kier molecular flexibility index (Phi) is 6.64. The Hall–Kier alpha value is -2.45. The summed E-state index contributed by atoms with van der Waals surface area (Å²) in [5.74, 6) is 0.851. The van der Waals surface area contributed by atoms with Crippen LogP contribution in [0.3, 0.4) is 0 Å². The zero-order chi connectivity index (χ0) is 22.7. The van der Waals surface area contributed by atoms with Crippen molar-refractivity contribution in [1.29, 1.82) is 0 Å². The second-order valence-corrected chi connectivity index (χ2v) is 9.15. The SMILES string of the molecule is COc1cccc(CN2Cc3ccccc3[C@]23CO[C@@H](C(=O)NCCN2CCOCC2)C3)c1. The third-order valence-electron chi connectivity index (χ3n) is 7.16. The first kappa shape index (κ1) is 22.3. The summed E-state index contributed by atoms with van der Waals surface area (Å²) in [5, 5.41) is 3.10. The molecule has 1 spiro atoms. The molecule has 7 nitrogen and oxygen atoms in total. The van der Waals surface area contributed by atoms with Gasteiger partial charge in [-0.05, 0) is 28.8 Å². The molecule has 0 aliphatic carbocycles. The molecular formula is C26H33N3O4. The van der Waals surface area contributed by atoms with E-state index < -0.39 is 6.10 Å². The number of morpholine rings is 1. The van der Waals surface area contributed by atoms with Crippen molar-refractivity contribution >= 4 is 5.91 Å². The Morgan fingerprint density at radius 2 is 2.03 bits per heavy atom. The third-order valence-corrected chi connectivity index (χ3v) is 7.16. The van der Waals surface area contributed by atoms with Crippen molar-refractivity contribution in [3.8, 4) is 5.75 Å². The van der Waals surface area contributed by atoms with Crippen LogP contribution in [0.5, 0.6) is 5.75 Å². The molecule has 3 aliphatic heterocycles. The smallest absolute Gasteiger partial charge is 0.249 e. The van der Waals surface area contributed by atoms with Gasteiger partial charge in [-0.2, -0.15) is 0 Å². The molecular weight excluding hydrogens is 418 g/mol. The van der Waals surface area contributed by atoms with Crippen LogP contribution in [0.25, 0.3) is 0 Å². The van der Waals surface area contributed by atoms with Crippen LogP contribution in [0, 0.1) is 0 Å². The molecule has 0 aromatic heterocycles. The van der Waals surface area contributed by atoms with Crippen molar-refractivity contribution in [1.82, 2.24) is 15.1 Å². The number of carbonyl (C=O) groups excluding carboxylic acids is 1. The van der Waals surface area contributed by atoms with Gasteiger partial charge in [0.05, 0.1) is 32.5 Å². The molecule has 1 amide bonds. The molecule has 176 valence electrons. The van der Waals surface area contributed by atoms with E-state index >= 15 is 0 Å². The van der Waals surface area contributed by atoms with E-state index in [0.717, 1.165) is 51.7 Å². The molecule has 7 heteroatoms. The van der Waals surface area contributed by atoms with Crippen LogP contribution in [0.4, 0.5) is 0 Å². The highest BCUT2D eigenvalue weighted by atomic mass is 16.5. The fourth-order valence-electron chi connectivity index (χ4n) is 5.35. The zero-order valence-electron chi connectivity index (χ0n) is 19.3. The first-order valence-electron chi connectivity index (χ1n) is 11.8. The molecule has 0 unspecified atom stereocenters. The molecule has 3 heterocycles. The highest BCUT2D eigenvalue weighted by molar-refractivity contribution is 5.81. The second-order valence-electron chi connectivity index (χ2n) is 9.15. The number of benzene rings is 2.